The van der Waals surface area contributed by atoms with E-state index in [9.17, 15) is 14.7 Å². The zero-order valence-electron chi connectivity index (χ0n) is 21.0. The Bertz CT molecular complexity index is 1490. The average Bonchev–Trinajstić information content (AvgIpc) is 2.85. The maximum atomic E-state index is 13.9. The van der Waals surface area contributed by atoms with Crippen molar-refractivity contribution in [3.8, 4) is 11.1 Å². The zero-order chi connectivity index (χ0) is 26.7. The van der Waals surface area contributed by atoms with Gasteiger partial charge >= 0.3 is 0 Å². The number of hydrogen-bond acceptors (Lipinski definition) is 4. The highest BCUT2D eigenvalue weighted by atomic mass is 35.5. The quantitative estimate of drug-likeness (QED) is 0.291. The number of amides is 1. The number of aliphatic hydroxyl groups excluding tert-OH is 1. The second-order valence-electron chi connectivity index (χ2n) is 9.49. The summed E-state index contributed by atoms with van der Waals surface area (Å²) < 4.78 is 1.46. The van der Waals surface area contributed by atoms with Gasteiger partial charge in [-0.15, -0.1) is 0 Å². The molecule has 2 aromatic heterocycles. The van der Waals surface area contributed by atoms with Gasteiger partial charge in [-0.1, -0.05) is 65.5 Å². The van der Waals surface area contributed by atoms with Gasteiger partial charge in [0.2, 0.25) is 0 Å². The summed E-state index contributed by atoms with van der Waals surface area (Å²) in [7, 11) is 0. The smallest absolute Gasteiger partial charge is 0.277 e. The molecule has 2 heterocycles. The minimum absolute atomic E-state index is 0.0222. The number of rotatable bonds is 8. The standard InChI is InChI=1S/C29H29Cl2N3O3/c1-17(16-35)6-8-34-27(28(36)33-15-20-10-18(2)9-19(3)11-20)25(21-12-22(30)14-23(31)13-21)24-5-4-7-32-26(24)29(34)37/h4-5,7,9-14,17,35H,6,8,15-16H2,1-3H3,(H,33,36). The second-order valence-corrected chi connectivity index (χ2v) is 10.4. The molecule has 0 bridgehead atoms. The molecule has 0 saturated carbocycles. The molecular formula is C29H29Cl2N3O3. The minimum atomic E-state index is -0.398. The van der Waals surface area contributed by atoms with Crippen molar-refractivity contribution in [2.75, 3.05) is 6.61 Å². The number of halogens is 2. The molecule has 0 aliphatic carbocycles. The fourth-order valence-corrected chi connectivity index (χ4v) is 5.11. The Hall–Kier alpha value is -3.19. The zero-order valence-corrected chi connectivity index (χ0v) is 22.5. The number of nitrogens with zero attached hydrogens (tertiary/aromatic N) is 2. The third-order valence-corrected chi connectivity index (χ3v) is 6.73. The number of benzene rings is 2. The number of carbonyl (C=O) groups is 1. The van der Waals surface area contributed by atoms with E-state index in [-0.39, 0.29) is 35.8 Å². The van der Waals surface area contributed by atoms with E-state index in [1.165, 1.54) is 4.57 Å². The van der Waals surface area contributed by atoms with Crippen molar-refractivity contribution in [2.45, 2.75) is 40.3 Å². The maximum Gasteiger partial charge on any atom is 0.277 e. The van der Waals surface area contributed by atoms with Crippen LogP contribution in [0.15, 0.2) is 59.5 Å². The van der Waals surface area contributed by atoms with Gasteiger partial charge in [-0.25, -0.2) is 0 Å². The Kier molecular flexibility index (Phi) is 8.32. The summed E-state index contributed by atoms with van der Waals surface area (Å²) in [6.07, 6.45) is 2.06. The van der Waals surface area contributed by atoms with Crippen molar-refractivity contribution in [1.82, 2.24) is 14.9 Å². The van der Waals surface area contributed by atoms with Crippen LogP contribution in [0.5, 0.6) is 0 Å². The molecule has 0 fully saturated rings. The molecule has 0 spiro atoms. The Morgan fingerprint density at radius 2 is 1.76 bits per heavy atom. The molecular weight excluding hydrogens is 509 g/mol. The van der Waals surface area contributed by atoms with Crippen LogP contribution in [0.3, 0.4) is 0 Å². The van der Waals surface area contributed by atoms with Crippen LogP contribution >= 0.6 is 23.2 Å². The number of pyridine rings is 2. The summed E-state index contributed by atoms with van der Waals surface area (Å²) in [6, 6.07) is 14.7. The van der Waals surface area contributed by atoms with Crippen LogP contribution < -0.4 is 10.9 Å². The van der Waals surface area contributed by atoms with Gasteiger partial charge in [0, 0.05) is 46.9 Å². The first kappa shape index (κ1) is 26.9. The van der Waals surface area contributed by atoms with E-state index in [1.54, 1.807) is 36.5 Å². The summed E-state index contributed by atoms with van der Waals surface area (Å²) in [5, 5.41) is 13.9. The van der Waals surface area contributed by atoms with Crippen molar-refractivity contribution < 1.29 is 9.90 Å². The SMILES string of the molecule is Cc1cc(C)cc(CNC(=O)c2c(-c3cc(Cl)cc(Cl)c3)c3cccnc3c(=O)n2CCC(C)CO)c1. The number of nitrogens with one attached hydrogen (secondary N) is 1. The fraction of sp³-hybridized carbons (Fsp3) is 0.276. The molecule has 4 aromatic rings. The van der Waals surface area contributed by atoms with Gasteiger partial charge in [-0.05, 0) is 61.6 Å². The summed E-state index contributed by atoms with van der Waals surface area (Å²) >= 11 is 12.7. The lowest BCUT2D eigenvalue weighted by Crippen LogP contribution is -2.34. The van der Waals surface area contributed by atoms with Gasteiger partial charge in [0.05, 0.1) is 0 Å². The Labute approximate surface area is 225 Å². The van der Waals surface area contributed by atoms with E-state index < -0.39 is 5.91 Å². The monoisotopic (exact) mass is 537 g/mol. The molecule has 192 valence electrons. The highest BCUT2D eigenvalue weighted by Crippen LogP contribution is 2.34. The molecule has 0 radical (unpaired) electrons. The number of aryl methyl sites for hydroxylation is 2. The molecule has 0 aliphatic heterocycles. The van der Waals surface area contributed by atoms with Gasteiger partial charge in [0.25, 0.3) is 11.5 Å². The van der Waals surface area contributed by atoms with Gasteiger partial charge in [-0.2, -0.15) is 0 Å². The molecule has 1 atom stereocenters. The van der Waals surface area contributed by atoms with E-state index in [4.69, 9.17) is 23.2 Å². The molecule has 1 amide bonds. The van der Waals surface area contributed by atoms with E-state index >= 15 is 0 Å². The van der Waals surface area contributed by atoms with Crippen LogP contribution in [0.1, 0.15) is 40.5 Å². The number of fused-ring (bicyclic) bond motifs is 1. The first-order valence-electron chi connectivity index (χ1n) is 12.1. The van der Waals surface area contributed by atoms with Crippen LogP contribution in [-0.2, 0) is 13.1 Å². The summed E-state index contributed by atoms with van der Waals surface area (Å²) in [5.74, 6) is -0.452. The average molecular weight is 538 g/mol. The number of carbonyl (C=O) groups excluding carboxylic acids is 1. The first-order chi connectivity index (χ1) is 17.7. The van der Waals surface area contributed by atoms with E-state index in [1.807, 2.05) is 32.9 Å². The Balaban J connectivity index is 1.93. The molecule has 6 nitrogen and oxygen atoms in total. The van der Waals surface area contributed by atoms with E-state index in [0.29, 0.717) is 39.5 Å². The van der Waals surface area contributed by atoms with Gasteiger partial charge in [0.1, 0.15) is 11.2 Å². The van der Waals surface area contributed by atoms with Crippen LogP contribution in [0.2, 0.25) is 10.0 Å². The van der Waals surface area contributed by atoms with Gasteiger partial charge in [0.15, 0.2) is 0 Å². The molecule has 1 unspecified atom stereocenters. The molecule has 2 aromatic carbocycles. The normalized spacial score (nSPS) is 12.1. The predicted octanol–water partition coefficient (Wildman–Crippen LogP) is 5.94. The lowest BCUT2D eigenvalue weighted by atomic mass is 9.97. The summed E-state index contributed by atoms with van der Waals surface area (Å²) in [4.78, 5) is 31.9. The largest absolute Gasteiger partial charge is 0.396 e. The predicted molar refractivity (Wildman–Crippen MR) is 149 cm³/mol. The van der Waals surface area contributed by atoms with Crippen LogP contribution in [0.4, 0.5) is 0 Å². The van der Waals surface area contributed by atoms with E-state index in [0.717, 1.165) is 16.7 Å². The molecule has 2 N–H and O–H groups in total. The molecule has 37 heavy (non-hydrogen) atoms. The highest BCUT2D eigenvalue weighted by molar-refractivity contribution is 6.35. The van der Waals surface area contributed by atoms with Crippen molar-refractivity contribution in [3.63, 3.8) is 0 Å². The maximum absolute atomic E-state index is 13.9. The molecule has 4 rings (SSSR count). The third-order valence-electron chi connectivity index (χ3n) is 6.29. The van der Waals surface area contributed by atoms with Crippen molar-refractivity contribution >= 4 is 40.0 Å². The lowest BCUT2D eigenvalue weighted by Gasteiger charge is -2.20. The molecule has 0 aliphatic rings. The van der Waals surface area contributed by atoms with Gasteiger partial charge in [-0.3, -0.25) is 14.6 Å². The summed E-state index contributed by atoms with van der Waals surface area (Å²) in [5.41, 5.74) is 4.39. The Morgan fingerprint density at radius 3 is 2.41 bits per heavy atom. The molecule has 0 saturated heterocycles. The van der Waals surface area contributed by atoms with Crippen molar-refractivity contribution in [1.29, 1.82) is 0 Å². The molecule has 8 heteroatoms. The second kappa shape index (κ2) is 11.5. The van der Waals surface area contributed by atoms with Crippen LogP contribution in [-0.4, -0.2) is 27.2 Å². The first-order valence-corrected chi connectivity index (χ1v) is 12.9. The number of aliphatic hydroxyl groups is 1. The van der Waals surface area contributed by atoms with Crippen molar-refractivity contribution in [3.05, 3.63) is 97.5 Å². The number of aromatic nitrogens is 2. The lowest BCUT2D eigenvalue weighted by molar-refractivity contribution is 0.0940. The van der Waals surface area contributed by atoms with E-state index in [2.05, 4.69) is 16.4 Å². The topological polar surface area (TPSA) is 84.2 Å². The van der Waals surface area contributed by atoms with Crippen LogP contribution in [0, 0.1) is 19.8 Å². The Morgan fingerprint density at radius 1 is 1.08 bits per heavy atom. The van der Waals surface area contributed by atoms with Crippen LogP contribution in [0.25, 0.3) is 22.0 Å². The highest BCUT2D eigenvalue weighted by Gasteiger charge is 2.24. The fourth-order valence-electron chi connectivity index (χ4n) is 4.59. The van der Waals surface area contributed by atoms with Crippen molar-refractivity contribution in [2.24, 2.45) is 5.92 Å². The number of hydrogen-bond donors (Lipinski definition) is 2. The third kappa shape index (κ3) is 6.04. The van der Waals surface area contributed by atoms with Gasteiger partial charge < -0.3 is 15.0 Å². The summed E-state index contributed by atoms with van der Waals surface area (Å²) in [6.45, 7) is 6.42. The minimum Gasteiger partial charge on any atom is -0.396 e.